The highest BCUT2D eigenvalue weighted by atomic mass is 16.5. The van der Waals surface area contributed by atoms with Crippen LogP contribution >= 0.6 is 0 Å². The van der Waals surface area contributed by atoms with E-state index in [0.717, 1.165) is 83.6 Å². The second kappa shape index (κ2) is 10.5. The fraction of sp³-hybridized carbons (Fsp3) is 0.0204. The zero-order valence-corrected chi connectivity index (χ0v) is 28.4. The number of furan rings is 2. The highest BCUT2D eigenvalue weighted by Crippen LogP contribution is 2.63. The second-order valence-electron chi connectivity index (χ2n) is 14.0. The van der Waals surface area contributed by atoms with Crippen LogP contribution in [0.5, 0.6) is 11.5 Å². The molecule has 10 aromatic rings. The number of para-hydroxylation sites is 4. The fourth-order valence-electron chi connectivity index (χ4n) is 9.20. The first-order valence-electron chi connectivity index (χ1n) is 18.0. The quantitative estimate of drug-likeness (QED) is 0.186. The molecule has 0 radical (unpaired) electrons. The van der Waals surface area contributed by atoms with Gasteiger partial charge in [0.1, 0.15) is 33.8 Å². The molecule has 0 bridgehead atoms. The molecule has 53 heavy (non-hydrogen) atoms. The van der Waals surface area contributed by atoms with E-state index in [4.69, 9.17) is 13.6 Å². The van der Waals surface area contributed by atoms with Crippen molar-refractivity contribution in [1.82, 2.24) is 0 Å². The number of rotatable bonds is 3. The summed E-state index contributed by atoms with van der Waals surface area (Å²) >= 11 is 0. The van der Waals surface area contributed by atoms with Gasteiger partial charge in [-0.05, 0) is 89.0 Å². The molecule has 4 heteroatoms. The lowest BCUT2D eigenvalue weighted by Gasteiger charge is -2.39. The van der Waals surface area contributed by atoms with Crippen molar-refractivity contribution in [3.05, 3.63) is 198 Å². The van der Waals surface area contributed by atoms with E-state index < -0.39 is 5.41 Å². The Bertz CT molecular complexity index is 3070. The highest BCUT2D eigenvalue weighted by molar-refractivity contribution is 6.16. The van der Waals surface area contributed by atoms with Crippen LogP contribution in [0.25, 0.3) is 55.0 Å². The molecule has 1 spiro atoms. The zero-order valence-electron chi connectivity index (χ0n) is 28.4. The van der Waals surface area contributed by atoms with Crippen LogP contribution in [0.3, 0.4) is 0 Å². The lowest BCUT2D eigenvalue weighted by atomic mass is 9.66. The largest absolute Gasteiger partial charge is 0.457 e. The standard InChI is InChI=1S/C49H29NO3/c1-2-13-30(14-3-1)50(31-25-26-34-33-16-5-9-21-42(33)51-46(34)27-31)41-20-12-24-45-48(41)36-28-35-32-15-4-6-17-37(32)49(40(35)29-47(36)53-45)38-18-7-10-22-43(38)52-44-23-11-8-19-39(44)49/h1-29H. The van der Waals surface area contributed by atoms with Crippen molar-refractivity contribution in [2.24, 2.45) is 0 Å². The molecule has 0 N–H and O–H groups in total. The first-order chi connectivity index (χ1) is 26.3. The van der Waals surface area contributed by atoms with Crippen molar-refractivity contribution in [1.29, 1.82) is 0 Å². The normalized spacial score (nSPS) is 13.6. The van der Waals surface area contributed by atoms with Crippen molar-refractivity contribution in [2.45, 2.75) is 5.41 Å². The Morgan fingerprint density at radius 2 is 1.02 bits per heavy atom. The zero-order chi connectivity index (χ0) is 34.7. The molecule has 0 saturated carbocycles. The predicted octanol–water partition coefficient (Wildman–Crippen LogP) is 13.4. The molecular weight excluding hydrogens is 651 g/mol. The molecule has 0 atom stereocenters. The van der Waals surface area contributed by atoms with Gasteiger partial charge in [0.15, 0.2) is 0 Å². The summed E-state index contributed by atoms with van der Waals surface area (Å²) in [4.78, 5) is 2.32. The number of hydrogen-bond donors (Lipinski definition) is 0. The monoisotopic (exact) mass is 679 g/mol. The molecule has 3 heterocycles. The van der Waals surface area contributed by atoms with E-state index in [-0.39, 0.29) is 0 Å². The van der Waals surface area contributed by atoms with Crippen LogP contribution in [0.1, 0.15) is 22.3 Å². The number of nitrogens with zero attached hydrogens (tertiary/aromatic N) is 1. The van der Waals surface area contributed by atoms with Crippen LogP contribution in [0, 0.1) is 0 Å². The molecule has 0 amide bonds. The molecule has 0 unspecified atom stereocenters. The van der Waals surface area contributed by atoms with Crippen LogP contribution in [-0.2, 0) is 5.41 Å². The first-order valence-corrected chi connectivity index (χ1v) is 18.0. The molecule has 0 saturated heterocycles. The Labute approximate surface area is 304 Å². The molecule has 1 aliphatic heterocycles. The number of hydrogen-bond acceptors (Lipinski definition) is 4. The summed E-state index contributed by atoms with van der Waals surface area (Å²) in [5, 5.41) is 4.35. The molecule has 8 aromatic carbocycles. The molecule has 2 aromatic heterocycles. The molecule has 2 aliphatic rings. The predicted molar refractivity (Wildman–Crippen MR) is 213 cm³/mol. The number of ether oxygens (including phenoxy) is 1. The van der Waals surface area contributed by atoms with Gasteiger partial charge in [-0.15, -0.1) is 0 Å². The Balaban J connectivity index is 1.14. The lowest BCUT2D eigenvalue weighted by molar-refractivity contribution is 0.436. The van der Waals surface area contributed by atoms with Gasteiger partial charge in [0.25, 0.3) is 0 Å². The summed E-state index contributed by atoms with van der Waals surface area (Å²) in [6.07, 6.45) is 0. The molecule has 12 rings (SSSR count). The van der Waals surface area contributed by atoms with Crippen molar-refractivity contribution in [3.8, 4) is 22.6 Å². The highest BCUT2D eigenvalue weighted by Gasteiger charge is 2.51. The van der Waals surface area contributed by atoms with Gasteiger partial charge in [-0.25, -0.2) is 0 Å². The van der Waals surface area contributed by atoms with E-state index in [1.165, 1.54) is 22.3 Å². The van der Waals surface area contributed by atoms with Crippen LogP contribution in [0.15, 0.2) is 185 Å². The minimum atomic E-state index is -0.564. The lowest BCUT2D eigenvalue weighted by Crippen LogP contribution is -2.32. The Morgan fingerprint density at radius 3 is 1.85 bits per heavy atom. The average Bonchev–Trinajstić information content (AvgIpc) is 3.86. The molecule has 0 fully saturated rings. The summed E-state index contributed by atoms with van der Waals surface area (Å²) in [5.74, 6) is 1.75. The third-order valence-corrected chi connectivity index (χ3v) is 11.3. The molecule has 4 nitrogen and oxygen atoms in total. The minimum Gasteiger partial charge on any atom is -0.457 e. The summed E-state index contributed by atoms with van der Waals surface area (Å²) in [7, 11) is 0. The molecule has 1 aliphatic carbocycles. The number of anilines is 3. The minimum absolute atomic E-state index is 0.564. The maximum Gasteiger partial charge on any atom is 0.137 e. The third-order valence-electron chi connectivity index (χ3n) is 11.3. The Morgan fingerprint density at radius 1 is 0.377 bits per heavy atom. The maximum absolute atomic E-state index is 6.88. The average molecular weight is 680 g/mol. The van der Waals surface area contributed by atoms with Crippen LogP contribution < -0.4 is 9.64 Å². The Kier molecular flexibility index (Phi) is 5.67. The van der Waals surface area contributed by atoms with Gasteiger partial charge < -0.3 is 18.5 Å². The van der Waals surface area contributed by atoms with Gasteiger partial charge >= 0.3 is 0 Å². The van der Waals surface area contributed by atoms with E-state index in [0.29, 0.717) is 0 Å². The first kappa shape index (κ1) is 28.6. The van der Waals surface area contributed by atoms with Crippen molar-refractivity contribution < 1.29 is 13.6 Å². The summed E-state index contributed by atoms with van der Waals surface area (Å²) in [6, 6.07) is 62.1. The second-order valence-corrected chi connectivity index (χ2v) is 14.0. The van der Waals surface area contributed by atoms with Crippen molar-refractivity contribution in [2.75, 3.05) is 4.90 Å². The maximum atomic E-state index is 6.88. The molecular formula is C49H29NO3. The van der Waals surface area contributed by atoms with E-state index in [2.05, 4.69) is 169 Å². The van der Waals surface area contributed by atoms with Gasteiger partial charge in [-0.3, -0.25) is 0 Å². The van der Waals surface area contributed by atoms with Gasteiger partial charge in [-0.1, -0.05) is 103 Å². The van der Waals surface area contributed by atoms with Crippen molar-refractivity contribution in [3.63, 3.8) is 0 Å². The van der Waals surface area contributed by atoms with E-state index in [1.54, 1.807) is 0 Å². The van der Waals surface area contributed by atoms with Gasteiger partial charge in [0.2, 0.25) is 0 Å². The fourth-order valence-corrected chi connectivity index (χ4v) is 9.20. The third kappa shape index (κ3) is 3.79. The van der Waals surface area contributed by atoms with E-state index in [1.807, 2.05) is 12.1 Å². The van der Waals surface area contributed by atoms with E-state index >= 15 is 0 Å². The van der Waals surface area contributed by atoms with E-state index in [9.17, 15) is 0 Å². The van der Waals surface area contributed by atoms with Crippen LogP contribution in [0.4, 0.5) is 17.1 Å². The van der Waals surface area contributed by atoms with Gasteiger partial charge in [-0.2, -0.15) is 0 Å². The van der Waals surface area contributed by atoms with Crippen molar-refractivity contribution >= 4 is 60.9 Å². The van der Waals surface area contributed by atoms with Crippen LogP contribution in [-0.4, -0.2) is 0 Å². The SMILES string of the molecule is c1ccc(N(c2ccc3c(c2)oc2ccccc23)c2cccc3oc4cc5c(cc4c23)-c2ccccc2C52c3ccccc3Oc3ccccc32)cc1. The summed E-state index contributed by atoms with van der Waals surface area (Å²) in [6.45, 7) is 0. The Hall–Kier alpha value is -7.04. The van der Waals surface area contributed by atoms with Crippen LogP contribution in [0.2, 0.25) is 0 Å². The van der Waals surface area contributed by atoms with Gasteiger partial charge in [0.05, 0.1) is 16.5 Å². The smallest absolute Gasteiger partial charge is 0.137 e. The summed E-state index contributed by atoms with van der Waals surface area (Å²) < 4.78 is 19.8. The molecule has 248 valence electrons. The topological polar surface area (TPSA) is 38.8 Å². The number of benzene rings is 8. The summed E-state index contributed by atoms with van der Waals surface area (Å²) in [5.41, 5.74) is 13.1. The van der Waals surface area contributed by atoms with Gasteiger partial charge in [0, 0.05) is 44.7 Å². The number of fused-ring (bicyclic) bond motifs is 15.